The molecule has 2 aliphatic rings. The lowest BCUT2D eigenvalue weighted by Crippen LogP contribution is -2.56. The number of ether oxygens (including phenoxy) is 1. The van der Waals surface area contributed by atoms with Crippen LogP contribution in [0.2, 0.25) is 5.15 Å². The van der Waals surface area contributed by atoms with Crippen LogP contribution in [0.3, 0.4) is 0 Å². The molecule has 0 aliphatic carbocycles. The summed E-state index contributed by atoms with van der Waals surface area (Å²) in [6.07, 6.45) is 0.913. The zero-order valence-corrected chi connectivity index (χ0v) is 22.3. The molecule has 2 fully saturated rings. The maximum Gasteiger partial charge on any atom is 0.230 e. The smallest absolute Gasteiger partial charge is 0.230 e. The van der Waals surface area contributed by atoms with Crippen molar-refractivity contribution < 1.29 is 14.3 Å². The number of hydrogen-bond donors (Lipinski definition) is 1. The molecule has 9 nitrogen and oxygen atoms in total. The lowest BCUT2D eigenvalue weighted by Gasteiger charge is -2.42. The SMILES string of the molecule is CC1CN(c2cc(Cl)nc(SCC(=O)NCCCN3CCOCC3)n2)CCN1C(=O)C(C)(C)C. The number of hydrogen-bond acceptors (Lipinski definition) is 8. The Morgan fingerprint density at radius 1 is 1.21 bits per heavy atom. The second-order valence-electron chi connectivity index (χ2n) is 9.82. The van der Waals surface area contributed by atoms with E-state index in [1.165, 1.54) is 11.8 Å². The fraction of sp³-hybridized carbons (Fsp3) is 0.739. The van der Waals surface area contributed by atoms with E-state index >= 15 is 0 Å². The summed E-state index contributed by atoms with van der Waals surface area (Å²) in [5, 5.41) is 3.79. The molecular formula is C23H37ClN6O3S. The Labute approximate surface area is 211 Å². The Morgan fingerprint density at radius 3 is 2.62 bits per heavy atom. The van der Waals surface area contributed by atoms with Crippen molar-refractivity contribution >= 4 is 41.0 Å². The Bertz CT molecular complexity index is 846. The molecule has 1 aromatic heterocycles. The molecule has 34 heavy (non-hydrogen) atoms. The van der Waals surface area contributed by atoms with E-state index in [0.29, 0.717) is 36.5 Å². The van der Waals surface area contributed by atoms with Crippen LogP contribution in [0.1, 0.15) is 34.1 Å². The fourth-order valence-corrected chi connectivity index (χ4v) is 4.96. The lowest BCUT2D eigenvalue weighted by atomic mass is 9.93. The summed E-state index contributed by atoms with van der Waals surface area (Å²) < 4.78 is 5.35. The topological polar surface area (TPSA) is 90.9 Å². The number of morpholine rings is 1. The molecule has 11 heteroatoms. The van der Waals surface area contributed by atoms with Crippen LogP contribution in [0.4, 0.5) is 5.82 Å². The van der Waals surface area contributed by atoms with Crippen LogP contribution in [-0.4, -0.2) is 102 Å². The Hall–Kier alpha value is -1.62. The molecule has 1 aromatic rings. The highest BCUT2D eigenvalue weighted by molar-refractivity contribution is 7.99. The quantitative estimate of drug-likeness (QED) is 0.245. The molecule has 190 valence electrons. The first kappa shape index (κ1) is 27.0. The van der Waals surface area contributed by atoms with Gasteiger partial charge in [-0.15, -0.1) is 0 Å². The van der Waals surface area contributed by atoms with E-state index in [1.54, 1.807) is 6.07 Å². The molecule has 0 aromatic carbocycles. The van der Waals surface area contributed by atoms with Crippen LogP contribution >= 0.6 is 23.4 Å². The highest BCUT2D eigenvalue weighted by Gasteiger charge is 2.34. The number of halogens is 1. The van der Waals surface area contributed by atoms with Gasteiger partial charge in [0.2, 0.25) is 11.8 Å². The predicted molar refractivity (Wildman–Crippen MR) is 135 cm³/mol. The summed E-state index contributed by atoms with van der Waals surface area (Å²) in [6, 6.07) is 1.80. The number of carbonyl (C=O) groups is 2. The zero-order valence-electron chi connectivity index (χ0n) is 20.7. The van der Waals surface area contributed by atoms with Crippen molar-refractivity contribution in [2.45, 2.75) is 45.3 Å². The van der Waals surface area contributed by atoms with Crippen molar-refractivity contribution in [1.82, 2.24) is 25.1 Å². The first-order valence-electron chi connectivity index (χ1n) is 11.9. The van der Waals surface area contributed by atoms with Gasteiger partial charge in [-0.2, -0.15) is 0 Å². The van der Waals surface area contributed by atoms with E-state index in [-0.39, 0.29) is 23.6 Å². The van der Waals surface area contributed by atoms with Crippen molar-refractivity contribution in [2.75, 3.05) is 69.7 Å². The van der Waals surface area contributed by atoms with Crippen LogP contribution in [0.15, 0.2) is 11.2 Å². The van der Waals surface area contributed by atoms with Gasteiger partial charge in [0.15, 0.2) is 5.16 Å². The molecule has 2 saturated heterocycles. The maximum absolute atomic E-state index is 12.7. The standard InChI is InChI=1S/C23H37ClN6O3S/c1-17-15-29(8-9-30(17)21(32)23(2,3)4)19-14-18(24)26-22(27-19)34-16-20(31)25-6-5-7-28-10-12-33-13-11-28/h14,17H,5-13,15-16H2,1-4H3,(H,25,31). The monoisotopic (exact) mass is 512 g/mol. The number of carbonyl (C=O) groups excluding carboxylic acids is 2. The number of aromatic nitrogens is 2. The third-order valence-corrected chi connectivity index (χ3v) is 6.97. The largest absolute Gasteiger partial charge is 0.379 e. The van der Waals surface area contributed by atoms with E-state index in [2.05, 4.69) is 32.0 Å². The van der Waals surface area contributed by atoms with Gasteiger partial charge in [-0.05, 0) is 19.9 Å². The van der Waals surface area contributed by atoms with Crippen LogP contribution in [0.5, 0.6) is 0 Å². The molecule has 1 atom stereocenters. The van der Waals surface area contributed by atoms with Crippen molar-refractivity contribution in [3.63, 3.8) is 0 Å². The van der Waals surface area contributed by atoms with Crippen molar-refractivity contribution in [3.05, 3.63) is 11.2 Å². The second kappa shape index (κ2) is 12.4. The van der Waals surface area contributed by atoms with Crippen molar-refractivity contribution in [2.24, 2.45) is 5.41 Å². The first-order valence-corrected chi connectivity index (χ1v) is 13.3. The average molecular weight is 513 g/mol. The minimum Gasteiger partial charge on any atom is -0.379 e. The molecule has 0 saturated carbocycles. The van der Waals surface area contributed by atoms with Gasteiger partial charge in [-0.25, -0.2) is 9.97 Å². The van der Waals surface area contributed by atoms with E-state index in [4.69, 9.17) is 16.3 Å². The summed E-state index contributed by atoms with van der Waals surface area (Å²) in [6.45, 7) is 15.0. The summed E-state index contributed by atoms with van der Waals surface area (Å²) in [5.41, 5.74) is -0.401. The Morgan fingerprint density at radius 2 is 1.94 bits per heavy atom. The fourth-order valence-electron chi connectivity index (χ4n) is 4.05. The summed E-state index contributed by atoms with van der Waals surface area (Å²) >= 11 is 7.55. The van der Waals surface area contributed by atoms with Gasteiger partial charge in [-0.1, -0.05) is 44.1 Å². The molecule has 0 radical (unpaired) electrons. The van der Waals surface area contributed by atoms with Crippen LogP contribution in [-0.2, 0) is 14.3 Å². The molecule has 0 bridgehead atoms. The molecule has 3 heterocycles. The van der Waals surface area contributed by atoms with Gasteiger partial charge in [0.1, 0.15) is 11.0 Å². The number of amides is 2. The molecular weight excluding hydrogens is 476 g/mol. The molecule has 1 N–H and O–H groups in total. The minimum absolute atomic E-state index is 0.0416. The van der Waals surface area contributed by atoms with Gasteiger partial charge in [0.05, 0.1) is 19.0 Å². The summed E-state index contributed by atoms with van der Waals surface area (Å²) in [5.74, 6) is 1.08. The van der Waals surface area contributed by atoms with Crippen molar-refractivity contribution in [3.8, 4) is 0 Å². The number of rotatable bonds is 8. The van der Waals surface area contributed by atoms with Gasteiger partial charge in [-0.3, -0.25) is 14.5 Å². The molecule has 3 rings (SSSR count). The van der Waals surface area contributed by atoms with E-state index in [0.717, 1.165) is 45.1 Å². The predicted octanol–water partition coefficient (Wildman–Crippen LogP) is 2.14. The van der Waals surface area contributed by atoms with E-state index < -0.39 is 5.41 Å². The minimum atomic E-state index is -0.401. The third-order valence-electron chi connectivity index (χ3n) is 5.92. The second-order valence-corrected chi connectivity index (χ2v) is 11.2. The molecule has 0 spiro atoms. The van der Waals surface area contributed by atoms with Crippen LogP contribution in [0.25, 0.3) is 0 Å². The first-order chi connectivity index (χ1) is 16.1. The third kappa shape index (κ3) is 7.96. The highest BCUT2D eigenvalue weighted by atomic mass is 35.5. The number of nitrogens with one attached hydrogen (secondary N) is 1. The number of anilines is 1. The number of piperazine rings is 1. The highest BCUT2D eigenvalue weighted by Crippen LogP contribution is 2.26. The van der Waals surface area contributed by atoms with Crippen molar-refractivity contribution in [1.29, 1.82) is 0 Å². The average Bonchev–Trinajstić information content (AvgIpc) is 2.80. The molecule has 1 unspecified atom stereocenters. The van der Waals surface area contributed by atoms with Gasteiger partial charge < -0.3 is 19.9 Å². The summed E-state index contributed by atoms with van der Waals surface area (Å²) in [4.78, 5) is 40.3. The lowest BCUT2D eigenvalue weighted by molar-refractivity contribution is -0.142. The molecule has 2 amide bonds. The Balaban J connectivity index is 1.46. The summed E-state index contributed by atoms with van der Waals surface area (Å²) in [7, 11) is 0. The van der Waals surface area contributed by atoms with Gasteiger partial charge in [0.25, 0.3) is 0 Å². The number of nitrogens with zero attached hydrogens (tertiary/aromatic N) is 5. The van der Waals surface area contributed by atoms with E-state index in [1.807, 2.05) is 25.7 Å². The van der Waals surface area contributed by atoms with Gasteiger partial charge >= 0.3 is 0 Å². The zero-order chi connectivity index (χ0) is 24.7. The van der Waals surface area contributed by atoms with Gasteiger partial charge in [0, 0.05) is 56.8 Å². The van der Waals surface area contributed by atoms with Crippen LogP contribution in [0, 0.1) is 5.41 Å². The normalized spacial score (nSPS) is 19.9. The van der Waals surface area contributed by atoms with Crippen LogP contribution < -0.4 is 10.2 Å². The molecule has 2 aliphatic heterocycles. The van der Waals surface area contributed by atoms with E-state index in [9.17, 15) is 9.59 Å². The maximum atomic E-state index is 12.7. The Kier molecular flexibility index (Phi) is 9.82. The number of thioether (sulfide) groups is 1.